The van der Waals surface area contributed by atoms with Crippen LogP contribution in [0.3, 0.4) is 0 Å². The molecule has 0 heterocycles. The molecule has 0 aliphatic heterocycles. The van der Waals surface area contributed by atoms with Crippen molar-refractivity contribution in [3.63, 3.8) is 0 Å². The van der Waals surface area contributed by atoms with E-state index in [1.165, 1.54) is 24.8 Å². The number of carbonyl (C=O) groups is 1. The average molecular weight is 292 g/mol. The van der Waals surface area contributed by atoms with Gasteiger partial charge in [-0.2, -0.15) is 0 Å². The molecule has 2 heteroatoms. The number of hydrogen-bond acceptors (Lipinski definition) is 2. The first kappa shape index (κ1) is 16.7. The standard InChI is InChI=1S/C19H32O2/c1-14(8-11-20)6-7-15-12-16(21)13-17-18(2,3)9-5-10-19(15,17)4/h12,14,17,20H,5-11,13H2,1-4H3/t14-,17-,19+/m0/s1. The minimum absolute atomic E-state index is 0.217. The van der Waals surface area contributed by atoms with Gasteiger partial charge >= 0.3 is 0 Å². The van der Waals surface area contributed by atoms with E-state index >= 15 is 0 Å². The lowest BCUT2D eigenvalue weighted by atomic mass is 9.50. The zero-order valence-electron chi connectivity index (χ0n) is 14.2. The zero-order chi connectivity index (χ0) is 15.7. The molecule has 1 saturated carbocycles. The maximum atomic E-state index is 12.2. The van der Waals surface area contributed by atoms with E-state index in [4.69, 9.17) is 5.11 Å². The predicted octanol–water partition coefficient (Wildman–Crippen LogP) is 4.52. The molecule has 0 aromatic heterocycles. The first-order valence-electron chi connectivity index (χ1n) is 8.64. The van der Waals surface area contributed by atoms with Crippen molar-refractivity contribution < 1.29 is 9.90 Å². The van der Waals surface area contributed by atoms with Crippen LogP contribution in [0, 0.1) is 22.7 Å². The maximum absolute atomic E-state index is 12.2. The summed E-state index contributed by atoms with van der Waals surface area (Å²) in [5, 5.41) is 9.05. The number of aliphatic hydroxyl groups is 1. The summed E-state index contributed by atoms with van der Waals surface area (Å²) in [7, 11) is 0. The number of hydrogen-bond donors (Lipinski definition) is 1. The van der Waals surface area contributed by atoms with Crippen molar-refractivity contribution in [2.75, 3.05) is 6.61 Å². The second-order valence-electron chi connectivity index (χ2n) is 8.31. The van der Waals surface area contributed by atoms with E-state index in [1.807, 2.05) is 6.08 Å². The van der Waals surface area contributed by atoms with Crippen LogP contribution in [0.25, 0.3) is 0 Å². The van der Waals surface area contributed by atoms with Crippen LogP contribution in [-0.2, 0) is 4.79 Å². The summed E-state index contributed by atoms with van der Waals surface area (Å²) in [5.74, 6) is 1.36. The highest BCUT2D eigenvalue weighted by atomic mass is 16.3. The minimum atomic E-state index is 0.217. The molecule has 3 atom stereocenters. The van der Waals surface area contributed by atoms with Crippen molar-refractivity contribution in [3.05, 3.63) is 11.6 Å². The Morgan fingerprint density at radius 1 is 1.29 bits per heavy atom. The summed E-state index contributed by atoms with van der Waals surface area (Å²) in [4.78, 5) is 12.2. The molecule has 21 heavy (non-hydrogen) atoms. The lowest BCUT2D eigenvalue weighted by Crippen LogP contribution is -2.46. The van der Waals surface area contributed by atoms with Crippen LogP contribution in [0.15, 0.2) is 11.6 Å². The molecule has 0 aromatic carbocycles. The fraction of sp³-hybridized carbons (Fsp3) is 0.842. The van der Waals surface area contributed by atoms with Gasteiger partial charge in [-0.15, -0.1) is 0 Å². The highest BCUT2D eigenvalue weighted by Gasteiger charge is 2.50. The third kappa shape index (κ3) is 3.41. The third-order valence-electron chi connectivity index (χ3n) is 6.23. The van der Waals surface area contributed by atoms with Gasteiger partial charge < -0.3 is 5.11 Å². The van der Waals surface area contributed by atoms with E-state index in [1.54, 1.807) is 0 Å². The number of allylic oxidation sites excluding steroid dienone is 2. The molecule has 1 fully saturated rings. The smallest absolute Gasteiger partial charge is 0.155 e. The molecule has 0 saturated heterocycles. The normalized spacial score (nSPS) is 33.3. The summed E-state index contributed by atoms with van der Waals surface area (Å²) in [5.41, 5.74) is 1.88. The van der Waals surface area contributed by atoms with E-state index in [-0.39, 0.29) is 17.4 Å². The Kier molecular flexibility index (Phi) is 4.97. The molecule has 0 spiro atoms. The lowest BCUT2D eigenvalue weighted by molar-refractivity contribution is -0.120. The lowest BCUT2D eigenvalue weighted by Gasteiger charge is -2.54. The first-order valence-corrected chi connectivity index (χ1v) is 8.64. The molecule has 0 bridgehead atoms. The maximum Gasteiger partial charge on any atom is 0.155 e. The van der Waals surface area contributed by atoms with Crippen molar-refractivity contribution in [1.82, 2.24) is 0 Å². The summed E-state index contributed by atoms with van der Waals surface area (Å²) in [6.07, 6.45) is 9.43. The molecule has 1 N–H and O–H groups in total. The SMILES string of the molecule is C[C@H](CCO)CCC1=CC(=O)C[C@H]2C(C)(C)CCC[C@]12C. The summed E-state index contributed by atoms with van der Waals surface area (Å²) in [6.45, 7) is 9.56. The highest BCUT2D eigenvalue weighted by Crippen LogP contribution is 2.58. The molecule has 0 radical (unpaired) electrons. The number of fused-ring (bicyclic) bond motifs is 1. The average Bonchev–Trinajstić information content (AvgIpc) is 2.38. The van der Waals surface area contributed by atoms with Crippen LogP contribution in [0.4, 0.5) is 0 Å². The number of rotatable bonds is 5. The second kappa shape index (κ2) is 6.24. The van der Waals surface area contributed by atoms with Crippen molar-refractivity contribution in [3.8, 4) is 0 Å². The Bertz CT molecular complexity index is 421. The first-order chi connectivity index (χ1) is 9.79. The largest absolute Gasteiger partial charge is 0.396 e. The number of ketones is 1. The third-order valence-corrected chi connectivity index (χ3v) is 6.23. The Morgan fingerprint density at radius 3 is 2.67 bits per heavy atom. The Balaban J connectivity index is 2.17. The predicted molar refractivity (Wildman–Crippen MR) is 87.0 cm³/mol. The quantitative estimate of drug-likeness (QED) is 0.809. The molecule has 0 aromatic rings. The highest BCUT2D eigenvalue weighted by molar-refractivity contribution is 5.92. The van der Waals surface area contributed by atoms with Gasteiger partial charge in [-0.25, -0.2) is 0 Å². The van der Waals surface area contributed by atoms with Crippen molar-refractivity contribution in [2.24, 2.45) is 22.7 Å². The summed E-state index contributed by atoms with van der Waals surface area (Å²) < 4.78 is 0. The van der Waals surface area contributed by atoms with Gasteiger partial charge in [0.05, 0.1) is 0 Å². The van der Waals surface area contributed by atoms with Crippen molar-refractivity contribution >= 4 is 5.78 Å². The van der Waals surface area contributed by atoms with Crippen LogP contribution in [0.2, 0.25) is 0 Å². The molecular weight excluding hydrogens is 260 g/mol. The molecule has 120 valence electrons. The Morgan fingerprint density at radius 2 is 2.00 bits per heavy atom. The van der Waals surface area contributed by atoms with E-state index in [0.717, 1.165) is 25.7 Å². The zero-order valence-corrected chi connectivity index (χ0v) is 14.2. The fourth-order valence-electron chi connectivity index (χ4n) is 4.75. The topological polar surface area (TPSA) is 37.3 Å². The van der Waals surface area contributed by atoms with E-state index in [0.29, 0.717) is 17.6 Å². The van der Waals surface area contributed by atoms with Crippen LogP contribution in [0.1, 0.15) is 72.6 Å². The van der Waals surface area contributed by atoms with Gasteiger partial charge in [0.15, 0.2) is 5.78 Å². The molecule has 0 unspecified atom stereocenters. The molecule has 2 nitrogen and oxygen atoms in total. The van der Waals surface area contributed by atoms with Crippen LogP contribution < -0.4 is 0 Å². The van der Waals surface area contributed by atoms with Gasteiger partial charge in [0.1, 0.15) is 0 Å². The van der Waals surface area contributed by atoms with Crippen molar-refractivity contribution in [2.45, 2.75) is 72.6 Å². The van der Waals surface area contributed by atoms with E-state index in [9.17, 15) is 4.79 Å². The fourth-order valence-corrected chi connectivity index (χ4v) is 4.75. The van der Waals surface area contributed by atoms with Crippen LogP contribution in [0.5, 0.6) is 0 Å². The van der Waals surface area contributed by atoms with Gasteiger partial charge in [-0.1, -0.05) is 39.7 Å². The van der Waals surface area contributed by atoms with Gasteiger partial charge in [0, 0.05) is 13.0 Å². The number of carbonyl (C=O) groups excluding carboxylic acids is 1. The van der Waals surface area contributed by atoms with Gasteiger partial charge in [-0.05, 0) is 60.8 Å². The van der Waals surface area contributed by atoms with Crippen LogP contribution in [-0.4, -0.2) is 17.5 Å². The van der Waals surface area contributed by atoms with Gasteiger partial charge in [-0.3, -0.25) is 4.79 Å². The molecule has 0 amide bonds. The molecule has 2 aliphatic carbocycles. The Labute approximate surface area is 130 Å². The molecular formula is C19H32O2. The number of aliphatic hydroxyl groups excluding tert-OH is 1. The van der Waals surface area contributed by atoms with E-state index in [2.05, 4.69) is 27.7 Å². The summed E-state index contributed by atoms with van der Waals surface area (Å²) in [6, 6.07) is 0. The summed E-state index contributed by atoms with van der Waals surface area (Å²) >= 11 is 0. The van der Waals surface area contributed by atoms with Crippen molar-refractivity contribution in [1.29, 1.82) is 0 Å². The van der Waals surface area contributed by atoms with Crippen LogP contribution >= 0.6 is 0 Å². The van der Waals surface area contributed by atoms with E-state index < -0.39 is 0 Å². The monoisotopic (exact) mass is 292 g/mol. The van der Waals surface area contributed by atoms with Gasteiger partial charge in [0.2, 0.25) is 0 Å². The molecule has 2 rings (SSSR count). The molecule has 2 aliphatic rings. The van der Waals surface area contributed by atoms with Gasteiger partial charge in [0.25, 0.3) is 0 Å². The Hall–Kier alpha value is -0.630. The second-order valence-corrected chi connectivity index (χ2v) is 8.31. The minimum Gasteiger partial charge on any atom is -0.396 e.